The molecular formula is C26H29FN4O3S. The van der Waals surface area contributed by atoms with Crippen LogP contribution in [0.2, 0.25) is 0 Å². The van der Waals surface area contributed by atoms with Gasteiger partial charge in [-0.15, -0.1) is 0 Å². The Labute approximate surface area is 205 Å². The fourth-order valence-electron chi connectivity index (χ4n) is 4.26. The van der Waals surface area contributed by atoms with E-state index in [2.05, 4.69) is 20.0 Å². The molecule has 2 N–H and O–H groups in total. The van der Waals surface area contributed by atoms with Gasteiger partial charge in [-0.25, -0.2) is 17.5 Å². The molecular weight excluding hydrogens is 467 g/mol. The molecule has 1 amide bonds. The summed E-state index contributed by atoms with van der Waals surface area (Å²) in [5.41, 5.74) is 3.20. The van der Waals surface area contributed by atoms with E-state index in [1.807, 2.05) is 26.0 Å². The average Bonchev–Trinajstić information content (AvgIpc) is 2.85. The number of benzene rings is 1. The quantitative estimate of drug-likeness (QED) is 0.508. The first-order chi connectivity index (χ1) is 16.7. The second-order valence-corrected chi connectivity index (χ2v) is 10.7. The molecule has 2 heterocycles. The van der Waals surface area contributed by atoms with Gasteiger partial charge in [-0.3, -0.25) is 14.8 Å². The second-order valence-electron chi connectivity index (χ2n) is 9.02. The summed E-state index contributed by atoms with van der Waals surface area (Å²) in [6.45, 7) is 3.76. The van der Waals surface area contributed by atoms with E-state index in [0.717, 1.165) is 16.8 Å². The van der Waals surface area contributed by atoms with Crippen molar-refractivity contribution in [2.24, 2.45) is 5.92 Å². The highest BCUT2D eigenvalue weighted by atomic mass is 32.2. The number of halogens is 1. The lowest BCUT2D eigenvalue weighted by Gasteiger charge is -2.29. The van der Waals surface area contributed by atoms with Crippen LogP contribution in [-0.2, 0) is 14.8 Å². The van der Waals surface area contributed by atoms with E-state index in [-0.39, 0.29) is 34.6 Å². The van der Waals surface area contributed by atoms with Gasteiger partial charge >= 0.3 is 0 Å². The molecule has 0 saturated heterocycles. The van der Waals surface area contributed by atoms with E-state index in [4.69, 9.17) is 0 Å². The molecule has 1 saturated carbocycles. The zero-order valence-electron chi connectivity index (χ0n) is 19.7. The Morgan fingerprint density at radius 1 is 0.971 bits per heavy atom. The number of sulfonamides is 1. The molecule has 1 aromatic carbocycles. The van der Waals surface area contributed by atoms with Gasteiger partial charge in [-0.2, -0.15) is 0 Å². The lowest BCUT2D eigenvalue weighted by Crippen LogP contribution is -2.41. The van der Waals surface area contributed by atoms with Crippen LogP contribution in [0.3, 0.4) is 0 Å². The van der Waals surface area contributed by atoms with Crippen LogP contribution < -0.4 is 10.0 Å². The van der Waals surface area contributed by atoms with E-state index in [0.29, 0.717) is 31.4 Å². The third-order valence-electron chi connectivity index (χ3n) is 6.40. The maximum atomic E-state index is 13.1. The van der Waals surface area contributed by atoms with Crippen LogP contribution in [0.1, 0.15) is 49.9 Å². The number of amides is 1. The molecule has 3 aromatic rings. The summed E-state index contributed by atoms with van der Waals surface area (Å²) in [5.74, 6) is -0.556. The van der Waals surface area contributed by atoms with Crippen molar-refractivity contribution in [2.75, 3.05) is 0 Å². The van der Waals surface area contributed by atoms with Crippen molar-refractivity contribution in [1.29, 1.82) is 0 Å². The van der Waals surface area contributed by atoms with Crippen LogP contribution in [-0.4, -0.2) is 30.3 Å². The van der Waals surface area contributed by atoms with Crippen molar-refractivity contribution < 1.29 is 17.6 Å². The maximum absolute atomic E-state index is 13.1. The van der Waals surface area contributed by atoms with Crippen LogP contribution in [0.25, 0.3) is 11.3 Å². The summed E-state index contributed by atoms with van der Waals surface area (Å²) in [5, 5.41) is 2.98. The highest BCUT2D eigenvalue weighted by molar-refractivity contribution is 7.89. The minimum Gasteiger partial charge on any atom is -0.349 e. The molecule has 0 aliphatic heterocycles. The van der Waals surface area contributed by atoms with Crippen LogP contribution in [0, 0.1) is 18.7 Å². The van der Waals surface area contributed by atoms with Gasteiger partial charge in [0.1, 0.15) is 10.7 Å². The minimum absolute atomic E-state index is 0.0616. The summed E-state index contributed by atoms with van der Waals surface area (Å²) in [7, 11) is -3.72. The molecule has 0 spiro atoms. The number of hydrogen-bond acceptors (Lipinski definition) is 5. The molecule has 0 radical (unpaired) electrons. The van der Waals surface area contributed by atoms with Crippen LogP contribution in [0.15, 0.2) is 65.8 Å². The lowest BCUT2D eigenvalue weighted by atomic mass is 9.85. The Kier molecular flexibility index (Phi) is 7.57. The van der Waals surface area contributed by atoms with Gasteiger partial charge in [0, 0.05) is 35.6 Å². The monoisotopic (exact) mass is 496 g/mol. The standard InChI is InChI=1S/C26H29FN4O3S/c1-17-3-4-21(15-28-17)25-14-13-24(16-29-25)35(33,34)31-23-11-7-20(8-12-23)26(32)30-18(2)19-5-9-22(27)10-6-19/h3-6,9-10,13-16,18,20,23,31H,7-8,11-12H2,1-2H3,(H,30,32)/t18-,20?,23?/m1/s1. The Hall–Kier alpha value is -3.17. The van der Waals surface area contributed by atoms with Gasteiger partial charge in [0.25, 0.3) is 0 Å². The smallest absolute Gasteiger partial charge is 0.242 e. The molecule has 1 aliphatic carbocycles. The van der Waals surface area contributed by atoms with E-state index in [1.165, 1.54) is 18.3 Å². The van der Waals surface area contributed by atoms with Gasteiger partial charge in [-0.1, -0.05) is 12.1 Å². The molecule has 184 valence electrons. The molecule has 0 bridgehead atoms. The van der Waals surface area contributed by atoms with Crippen LogP contribution >= 0.6 is 0 Å². The molecule has 35 heavy (non-hydrogen) atoms. The van der Waals surface area contributed by atoms with Gasteiger partial charge in [0.2, 0.25) is 15.9 Å². The molecule has 2 aromatic heterocycles. The number of carbonyl (C=O) groups is 1. The second kappa shape index (κ2) is 10.6. The Morgan fingerprint density at radius 2 is 1.69 bits per heavy atom. The number of rotatable bonds is 7. The number of aryl methyl sites for hydroxylation is 1. The zero-order chi connectivity index (χ0) is 25.0. The maximum Gasteiger partial charge on any atom is 0.242 e. The van der Waals surface area contributed by atoms with Crippen LogP contribution in [0.4, 0.5) is 4.39 Å². The van der Waals surface area contributed by atoms with Gasteiger partial charge < -0.3 is 5.32 Å². The van der Waals surface area contributed by atoms with E-state index in [9.17, 15) is 17.6 Å². The number of nitrogens with zero attached hydrogens (tertiary/aromatic N) is 2. The highest BCUT2D eigenvalue weighted by Gasteiger charge is 2.30. The van der Waals surface area contributed by atoms with Gasteiger partial charge in [0.15, 0.2) is 0 Å². The predicted octanol–water partition coefficient (Wildman–Crippen LogP) is 4.31. The van der Waals surface area contributed by atoms with Crippen molar-refractivity contribution >= 4 is 15.9 Å². The number of hydrogen-bond donors (Lipinski definition) is 2. The molecule has 4 rings (SSSR count). The Bertz CT molecular complexity index is 1260. The van der Waals surface area contributed by atoms with Gasteiger partial charge in [-0.05, 0) is 81.5 Å². The Morgan fingerprint density at radius 3 is 2.29 bits per heavy atom. The summed E-state index contributed by atoms with van der Waals surface area (Å²) < 4.78 is 41.6. The van der Waals surface area contributed by atoms with Crippen molar-refractivity contribution in [3.63, 3.8) is 0 Å². The largest absolute Gasteiger partial charge is 0.349 e. The number of carbonyl (C=O) groups excluding carboxylic acids is 1. The fraction of sp³-hybridized carbons (Fsp3) is 0.346. The van der Waals surface area contributed by atoms with Crippen molar-refractivity contribution in [2.45, 2.75) is 56.5 Å². The summed E-state index contributed by atoms with van der Waals surface area (Å²) in [6.07, 6.45) is 5.39. The number of aromatic nitrogens is 2. The molecule has 1 atom stereocenters. The third kappa shape index (κ3) is 6.29. The van der Waals surface area contributed by atoms with Crippen LogP contribution in [0.5, 0.6) is 0 Å². The topological polar surface area (TPSA) is 101 Å². The number of nitrogens with one attached hydrogen (secondary N) is 2. The van der Waals surface area contributed by atoms with Crippen molar-refractivity contribution in [1.82, 2.24) is 20.0 Å². The highest BCUT2D eigenvalue weighted by Crippen LogP contribution is 2.27. The molecule has 1 fully saturated rings. The van der Waals surface area contributed by atoms with Crippen molar-refractivity contribution in [3.05, 3.63) is 78.0 Å². The fourth-order valence-corrected chi connectivity index (χ4v) is 5.51. The molecule has 0 unspecified atom stereocenters. The summed E-state index contributed by atoms with van der Waals surface area (Å²) in [4.78, 5) is 21.3. The Balaban J connectivity index is 1.30. The van der Waals surface area contributed by atoms with Gasteiger partial charge in [0.05, 0.1) is 11.7 Å². The first-order valence-corrected chi connectivity index (χ1v) is 13.2. The van der Waals surface area contributed by atoms with E-state index >= 15 is 0 Å². The van der Waals surface area contributed by atoms with E-state index < -0.39 is 10.0 Å². The zero-order valence-corrected chi connectivity index (χ0v) is 20.6. The predicted molar refractivity (Wildman–Crippen MR) is 131 cm³/mol. The first-order valence-electron chi connectivity index (χ1n) is 11.7. The summed E-state index contributed by atoms with van der Waals surface area (Å²) in [6, 6.07) is 12.6. The lowest BCUT2D eigenvalue weighted by molar-refractivity contribution is -0.126. The average molecular weight is 497 g/mol. The first kappa shape index (κ1) is 24.9. The molecule has 9 heteroatoms. The minimum atomic E-state index is -3.72. The molecule has 7 nitrogen and oxygen atoms in total. The SMILES string of the molecule is Cc1ccc(-c2ccc(S(=O)(=O)NC3CCC(C(=O)N[C@H](C)c4ccc(F)cc4)CC3)cn2)cn1. The third-order valence-corrected chi connectivity index (χ3v) is 7.91. The number of pyridine rings is 2. The molecule has 1 aliphatic rings. The van der Waals surface area contributed by atoms with Crippen molar-refractivity contribution in [3.8, 4) is 11.3 Å². The van der Waals surface area contributed by atoms with E-state index in [1.54, 1.807) is 30.5 Å². The normalized spacial score (nSPS) is 19.2. The summed E-state index contributed by atoms with van der Waals surface area (Å²) >= 11 is 0.